The number of halogens is 1. The molecule has 0 radical (unpaired) electrons. The highest BCUT2D eigenvalue weighted by molar-refractivity contribution is 6.42. The average Bonchev–Trinajstić information content (AvgIpc) is 3.21. The van der Waals surface area contributed by atoms with Gasteiger partial charge in [0.25, 0.3) is 6.29 Å². The zero-order valence-corrected chi connectivity index (χ0v) is 13.2. The van der Waals surface area contributed by atoms with Crippen molar-refractivity contribution in [2.45, 2.75) is 6.29 Å². The summed E-state index contributed by atoms with van der Waals surface area (Å²) in [5, 5.41) is 2.72. The first kappa shape index (κ1) is 15.9. The molecule has 0 bridgehead atoms. The van der Waals surface area contributed by atoms with E-state index in [2.05, 4.69) is 5.32 Å². The van der Waals surface area contributed by atoms with Crippen molar-refractivity contribution >= 4 is 29.2 Å². The van der Waals surface area contributed by atoms with Crippen LogP contribution < -0.4 is 10.1 Å². The molecule has 1 N–H and O–H groups in total. The molecule has 1 aromatic heterocycles. The van der Waals surface area contributed by atoms with Crippen LogP contribution in [-0.2, 0) is 14.3 Å². The molecule has 7 nitrogen and oxygen atoms in total. The van der Waals surface area contributed by atoms with Gasteiger partial charge in [-0.15, -0.1) is 0 Å². The number of cyclic esters (lactones) is 1. The molecule has 124 valence electrons. The number of ether oxygens (including phenoxy) is 3. The minimum absolute atomic E-state index is 0.0159. The lowest BCUT2D eigenvalue weighted by molar-refractivity contribution is -0.152. The van der Waals surface area contributed by atoms with Gasteiger partial charge in [0.05, 0.1) is 13.4 Å². The van der Waals surface area contributed by atoms with E-state index < -0.39 is 18.2 Å². The second kappa shape index (κ2) is 6.67. The van der Waals surface area contributed by atoms with E-state index in [1.54, 1.807) is 31.4 Å². The van der Waals surface area contributed by atoms with Crippen LogP contribution >= 0.6 is 11.6 Å². The molecule has 1 aliphatic rings. The number of nitrogens with one attached hydrogen (secondary N) is 1. The van der Waals surface area contributed by atoms with Crippen molar-refractivity contribution in [2.24, 2.45) is 0 Å². The molecule has 0 spiro atoms. The first-order chi connectivity index (χ1) is 11.6. The summed E-state index contributed by atoms with van der Waals surface area (Å²) in [5.41, 5.74) is 0.744. The minimum Gasteiger partial charge on any atom is -0.497 e. The van der Waals surface area contributed by atoms with E-state index >= 15 is 0 Å². The number of carbonyl (C=O) groups excluding carboxylic acids is 2. The van der Waals surface area contributed by atoms with Gasteiger partial charge in [0.1, 0.15) is 11.4 Å². The number of hydrogen-bond donors (Lipinski definition) is 1. The van der Waals surface area contributed by atoms with Crippen LogP contribution in [0.4, 0.5) is 5.69 Å². The number of rotatable bonds is 5. The van der Waals surface area contributed by atoms with E-state index in [4.69, 9.17) is 30.2 Å². The Morgan fingerprint density at radius 3 is 2.62 bits per heavy atom. The van der Waals surface area contributed by atoms with Gasteiger partial charge in [-0.3, -0.25) is 0 Å². The third-order valence-electron chi connectivity index (χ3n) is 3.17. The number of furan rings is 1. The predicted molar refractivity (Wildman–Crippen MR) is 83.5 cm³/mol. The van der Waals surface area contributed by atoms with Gasteiger partial charge in [0.2, 0.25) is 5.76 Å². The Labute approximate surface area is 141 Å². The van der Waals surface area contributed by atoms with Crippen molar-refractivity contribution in [3.63, 3.8) is 0 Å². The Morgan fingerprint density at radius 2 is 2.00 bits per heavy atom. The number of esters is 2. The molecule has 0 aliphatic carbocycles. The largest absolute Gasteiger partial charge is 0.497 e. The Bertz CT molecular complexity index is 781. The Balaban J connectivity index is 1.77. The standard InChI is InChI=1S/C16H12ClNO6/c1-21-10-6-4-9(5-7-10)18-13-12(17)15(20)24-16(13)23-14(19)11-3-2-8-22-11/h2-8,16,18H,1H3. The molecule has 24 heavy (non-hydrogen) atoms. The lowest BCUT2D eigenvalue weighted by Crippen LogP contribution is -2.23. The maximum absolute atomic E-state index is 11.9. The van der Waals surface area contributed by atoms with E-state index in [0.717, 1.165) is 0 Å². The number of anilines is 1. The molecular weight excluding hydrogens is 338 g/mol. The molecule has 1 atom stereocenters. The molecule has 0 amide bonds. The van der Waals surface area contributed by atoms with Gasteiger partial charge in [-0.1, -0.05) is 11.6 Å². The van der Waals surface area contributed by atoms with Crippen molar-refractivity contribution in [1.29, 1.82) is 0 Å². The van der Waals surface area contributed by atoms with E-state index in [9.17, 15) is 9.59 Å². The van der Waals surface area contributed by atoms with Gasteiger partial charge in [-0.05, 0) is 36.4 Å². The molecule has 2 heterocycles. The zero-order chi connectivity index (χ0) is 17.1. The molecule has 2 aromatic rings. The van der Waals surface area contributed by atoms with Crippen LogP contribution in [0, 0.1) is 0 Å². The fourth-order valence-electron chi connectivity index (χ4n) is 2.00. The Kier molecular flexibility index (Phi) is 4.43. The third-order valence-corrected chi connectivity index (χ3v) is 3.53. The molecule has 0 saturated carbocycles. The summed E-state index contributed by atoms with van der Waals surface area (Å²) in [6.45, 7) is 0. The first-order valence-electron chi connectivity index (χ1n) is 6.84. The first-order valence-corrected chi connectivity index (χ1v) is 7.22. The monoisotopic (exact) mass is 349 g/mol. The van der Waals surface area contributed by atoms with Crippen LogP contribution in [0.3, 0.4) is 0 Å². The molecule has 3 rings (SSSR count). The van der Waals surface area contributed by atoms with Crippen molar-refractivity contribution < 1.29 is 28.2 Å². The number of hydrogen-bond acceptors (Lipinski definition) is 7. The summed E-state index contributed by atoms with van der Waals surface area (Å²) in [5.74, 6) is -0.916. The summed E-state index contributed by atoms with van der Waals surface area (Å²) >= 11 is 5.94. The highest BCUT2D eigenvalue weighted by Gasteiger charge is 2.37. The number of benzene rings is 1. The topological polar surface area (TPSA) is 87.0 Å². The molecule has 0 saturated heterocycles. The summed E-state index contributed by atoms with van der Waals surface area (Å²) in [6, 6.07) is 9.84. The second-order valence-corrected chi connectivity index (χ2v) is 5.08. The smallest absolute Gasteiger partial charge is 0.377 e. The fourth-order valence-corrected chi connectivity index (χ4v) is 2.18. The molecule has 1 aliphatic heterocycles. The second-order valence-electron chi connectivity index (χ2n) is 4.70. The molecule has 8 heteroatoms. The predicted octanol–water partition coefficient (Wildman–Crippen LogP) is 2.89. The zero-order valence-electron chi connectivity index (χ0n) is 12.4. The summed E-state index contributed by atoms with van der Waals surface area (Å²) < 4.78 is 20.1. The van der Waals surface area contributed by atoms with Crippen LogP contribution in [0.1, 0.15) is 10.6 Å². The van der Waals surface area contributed by atoms with Gasteiger partial charge >= 0.3 is 11.9 Å². The van der Waals surface area contributed by atoms with Gasteiger partial charge < -0.3 is 23.9 Å². The van der Waals surface area contributed by atoms with E-state index in [1.807, 2.05) is 0 Å². The fraction of sp³-hybridized carbons (Fsp3) is 0.125. The highest BCUT2D eigenvalue weighted by atomic mass is 35.5. The molecule has 1 unspecified atom stereocenters. The molecule has 0 fully saturated rings. The van der Waals surface area contributed by atoms with E-state index in [-0.39, 0.29) is 16.5 Å². The van der Waals surface area contributed by atoms with Crippen LogP contribution in [0.15, 0.2) is 57.8 Å². The third kappa shape index (κ3) is 3.21. The average molecular weight is 350 g/mol. The molecule has 1 aromatic carbocycles. The summed E-state index contributed by atoms with van der Waals surface area (Å²) in [6.07, 6.45) is 0.0426. The van der Waals surface area contributed by atoms with Crippen LogP contribution in [0.25, 0.3) is 0 Å². The van der Waals surface area contributed by atoms with Gasteiger partial charge in [-0.25, -0.2) is 9.59 Å². The van der Waals surface area contributed by atoms with E-state index in [0.29, 0.717) is 11.4 Å². The maximum atomic E-state index is 11.9. The van der Waals surface area contributed by atoms with Crippen molar-refractivity contribution in [1.82, 2.24) is 0 Å². The quantitative estimate of drug-likeness (QED) is 0.830. The van der Waals surface area contributed by atoms with Crippen LogP contribution in [0.2, 0.25) is 0 Å². The normalized spacial score (nSPS) is 16.8. The van der Waals surface area contributed by atoms with E-state index in [1.165, 1.54) is 18.4 Å². The SMILES string of the molecule is COc1ccc(NC2=C(Cl)C(=O)OC2OC(=O)c2ccco2)cc1. The lowest BCUT2D eigenvalue weighted by atomic mass is 10.3. The summed E-state index contributed by atoms with van der Waals surface area (Å²) in [4.78, 5) is 23.6. The Hall–Kier alpha value is -2.93. The lowest BCUT2D eigenvalue weighted by Gasteiger charge is -2.15. The van der Waals surface area contributed by atoms with Crippen LogP contribution in [0.5, 0.6) is 5.75 Å². The Morgan fingerprint density at radius 1 is 1.25 bits per heavy atom. The highest BCUT2D eigenvalue weighted by Crippen LogP contribution is 2.29. The number of carbonyl (C=O) groups is 2. The summed E-state index contributed by atoms with van der Waals surface area (Å²) in [7, 11) is 1.55. The van der Waals surface area contributed by atoms with Gasteiger partial charge in [0, 0.05) is 5.69 Å². The molecular formula is C16H12ClNO6. The van der Waals surface area contributed by atoms with Crippen LogP contribution in [-0.4, -0.2) is 25.3 Å². The van der Waals surface area contributed by atoms with Crippen molar-refractivity contribution in [2.75, 3.05) is 12.4 Å². The number of methoxy groups -OCH3 is 1. The maximum Gasteiger partial charge on any atom is 0.377 e. The van der Waals surface area contributed by atoms with Crippen molar-refractivity contribution in [3.8, 4) is 5.75 Å². The minimum atomic E-state index is -1.29. The van der Waals surface area contributed by atoms with Crippen molar-refractivity contribution in [3.05, 3.63) is 59.2 Å². The van der Waals surface area contributed by atoms with Gasteiger partial charge in [-0.2, -0.15) is 0 Å². The van der Waals surface area contributed by atoms with Gasteiger partial charge in [0.15, 0.2) is 5.03 Å².